The van der Waals surface area contributed by atoms with Crippen molar-refractivity contribution in [3.05, 3.63) is 83.4 Å². The van der Waals surface area contributed by atoms with Crippen molar-refractivity contribution in [2.24, 2.45) is 0 Å². The lowest BCUT2D eigenvalue weighted by molar-refractivity contribution is 0.0730. The molecule has 304 valence electrons. The predicted molar refractivity (Wildman–Crippen MR) is 227 cm³/mol. The van der Waals surface area contributed by atoms with E-state index in [0.29, 0.717) is 41.6 Å². The van der Waals surface area contributed by atoms with Crippen LogP contribution in [0.15, 0.2) is 66.7 Å². The Morgan fingerprint density at radius 2 is 0.745 bits per heavy atom. The first kappa shape index (κ1) is 45.6. The van der Waals surface area contributed by atoms with Crippen molar-refractivity contribution in [1.29, 1.82) is 0 Å². The molecular weight excluding hydrogens is 685 g/mol. The van der Waals surface area contributed by atoms with Gasteiger partial charge in [0.2, 0.25) is 0 Å². The van der Waals surface area contributed by atoms with E-state index in [1.807, 2.05) is 25.1 Å². The molecule has 0 bridgehead atoms. The summed E-state index contributed by atoms with van der Waals surface area (Å²) in [6.07, 6.45) is 31.4. The van der Waals surface area contributed by atoms with Crippen molar-refractivity contribution >= 4 is 11.9 Å². The number of carbonyl (C=O) groups excluding carboxylic acids is 2. The molecule has 0 amide bonds. The average molecular weight is 757 g/mol. The van der Waals surface area contributed by atoms with Crippen molar-refractivity contribution in [3.63, 3.8) is 0 Å². The Morgan fingerprint density at radius 3 is 1.20 bits per heavy atom. The van der Waals surface area contributed by atoms with E-state index in [1.165, 1.54) is 135 Å². The van der Waals surface area contributed by atoms with Crippen LogP contribution in [-0.4, -0.2) is 25.2 Å². The predicted octanol–water partition coefficient (Wildman–Crippen LogP) is 14.6. The number of ether oxygens (including phenoxy) is 4. The van der Waals surface area contributed by atoms with Crippen LogP contribution < -0.4 is 18.9 Å². The van der Waals surface area contributed by atoms with Gasteiger partial charge in [0.05, 0.1) is 24.3 Å². The first-order valence-electron chi connectivity index (χ1n) is 22.0. The quantitative estimate of drug-likeness (QED) is 0.0359. The van der Waals surface area contributed by atoms with Gasteiger partial charge in [0.1, 0.15) is 23.0 Å². The van der Waals surface area contributed by atoms with Gasteiger partial charge in [-0.05, 0) is 86.0 Å². The van der Waals surface area contributed by atoms with Crippen LogP contribution in [-0.2, 0) is 0 Å². The second-order valence-corrected chi connectivity index (χ2v) is 15.2. The number of benzene rings is 3. The summed E-state index contributed by atoms with van der Waals surface area (Å²) in [5.41, 5.74) is 1.76. The molecule has 0 aliphatic heterocycles. The number of carbonyl (C=O) groups is 2. The fourth-order valence-corrected chi connectivity index (χ4v) is 6.74. The van der Waals surface area contributed by atoms with Gasteiger partial charge in [0.25, 0.3) is 0 Å². The normalized spacial score (nSPS) is 11.0. The average Bonchev–Trinajstić information content (AvgIpc) is 3.20. The minimum atomic E-state index is -0.489. The Kier molecular flexibility index (Phi) is 24.4. The summed E-state index contributed by atoms with van der Waals surface area (Å²) in [6, 6.07) is 18.9. The van der Waals surface area contributed by atoms with Crippen LogP contribution in [0.25, 0.3) is 0 Å². The molecule has 0 atom stereocenters. The molecule has 0 aromatic heterocycles. The number of hydrogen-bond acceptors (Lipinski definition) is 6. The Morgan fingerprint density at radius 1 is 0.400 bits per heavy atom. The van der Waals surface area contributed by atoms with Gasteiger partial charge in [-0.3, -0.25) is 0 Å². The maximum absolute atomic E-state index is 13.0. The molecule has 55 heavy (non-hydrogen) atoms. The van der Waals surface area contributed by atoms with E-state index in [-0.39, 0.29) is 0 Å². The van der Waals surface area contributed by atoms with Crippen molar-refractivity contribution < 1.29 is 28.5 Å². The fraction of sp³-hybridized carbons (Fsp3) is 0.592. The molecule has 3 aromatic rings. The van der Waals surface area contributed by atoms with Crippen molar-refractivity contribution in [3.8, 4) is 23.0 Å². The summed E-state index contributed by atoms with van der Waals surface area (Å²) in [5, 5.41) is 0. The van der Waals surface area contributed by atoms with E-state index in [1.54, 1.807) is 48.5 Å². The topological polar surface area (TPSA) is 71.1 Å². The van der Waals surface area contributed by atoms with E-state index < -0.39 is 11.9 Å². The summed E-state index contributed by atoms with van der Waals surface area (Å²) in [6.45, 7) is 7.83. The van der Waals surface area contributed by atoms with E-state index in [0.717, 1.165) is 30.6 Å². The standard InChI is InChI=1S/C49H72O6/c1-4-6-8-10-12-14-16-18-20-22-24-26-38-52-44-34-36-46(37-35-44)54-48(50)42-30-32-45(33-31-42)55-49(51)43-29-28-41(3)47(40-43)53-39-27-25-23-21-19-17-15-13-11-9-7-5-2/h28-37,40H,4-27,38-39H2,1-3H3. The molecule has 3 rings (SSSR count). The van der Waals surface area contributed by atoms with Gasteiger partial charge >= 0.3 is 11.9 Å². The van der Waals surface area contributed by atoms with E-state index >= 15 is 0 Å². The first-order valence-corrected chi connectivity index (χ1v) is 22.0. The van der Waals surface area contributed by atoms with Crippen LogP contribution in [0.2, 0.25) is 0 Å². The van der Waals surface area contributed by atoms with Gasteiger partial charge in [0, 0.05) is 0 Å². The summed E-state index contributed by atoms with van der Waals surface area (Å²) in [4.78, 5) is 25.8. The van der Waals surface area contributed by atoms with Crippen LogP contribution in [0.4, 0.5) is 0 Å². The zero-order chi connectivity index (χ0) is 39.2. The highest BCUT2D eigenvalue weighted by Crippen LogP contribution is 2.24. The molecule has 0 saturated carbocycles. The van der Waals surface area contributed by atoms with Gasteiger partial charge in [-0.25, -0.2) is 9.59 Å². The molecule has 0 heterocycles. The summed E-state index contributed by atoms with van der Waals surface area (Å²) >= 11 is 0. The molecule has 0 fully saturated rings. The second-order valence-electron chi connectivity index (χ2n) is 15.2. The highest BCUT2D eigenvalue weighted by Gasteiger charge is 2.14. The molecule has 0 saturated heterocycles. The van der Waals surface area contributed by atoms with Gasteiger partial charge in [-0.1, -0.05) is 161 Å². The van der Waals surface area contributed by atoms with Crippen LogP contribution in [0.1, 0.15) is 194 Å². The van der Waals surface area contributed by atoms with E-state index in [4.69, 9.17) is 18.9 Å². The lowest BCUT2D eigenvalue weighted by Crippen LogP contribution is -2.11. The largest absolute Gasteiger partial charge is 0.494 e. The van der Waals surface area contributed by atoms with Gasteiger partial charge < -0.3 is 18.9 Å². The van der Waals surface area contributed by atoms with Crippen LogP contribution in [0.3, 0.4) is 0 Å². The molecule has 0 N–H and O–H groups in total. The van der Waals surface area contributed by atoms with Crippen LogP contribution in [0.5, 0.6) is 23.0 Å². The van der Waals surface area contributed by atoms with Gasteiger partial charge in [-0.2, -0.15) is 0 Å². The number of unbranched alkanes of at least 4 members (excludes halogenated alkanes) is 22. The molecular formula is C49H72O6. The molecule has 6 heteroatoms. The Balaban J connectivity index is 1.28. The lowest BCUT2D eigenvalue weighted by atomic mass is 10.1. The smallest absolute Gasteiger partial charge is 0.343 e. The van der Waals surface area contributed by atoms with Gasteiger partial charge in [-0.15, -0.1) is 0 Å². The first-order chi connectivity index (χ1) is 27.0. The highest BCUT2D eigenvalue weighted by molar-refractivity contribution is 5.93. The van der Waals surface area contributed by atoms with Crippen molar-refractivity contribution in [2.75, 3.05) is 13.2 Å². The van der Waals surface area contributed by atoms with E-state index in [9.17, 15) is 9.59 Å². The Labute approximate surface area is 334 Å². The number of esters is 2. The zero-order valence-electron chi connectivity index (χ0n) is 34.7. The maximum atomic E-state index is 13.0. The fourth-order valence-electron chi connectivity index (χ4n) is 6.74. The van der Waals surface area contributed by atoms with Crippen LogP contribution in [0, 0.1) is 6.92 Å². The molecule has 0 aliphatic carbocycles. The zero-order valence-corrected chi connectivity index (χ0v) is 34.7. The Bertz CT molecular complexity index is 1430. The molecule has 0 unspecified atom stereocenters. The number of aryl methyl sites for hydroxylation is 1. The summed E-state index contributed by atoms with van der Waals surface area (Å²) < 4.78 is 23.1. The van der Waals surface area contributed by atoms with Crippen molar-refractivity contribution in [1.82, 2.24) is 0 Å². The number of rotatable bonds is 32. The number of hydrogen-bond donors (Lipinski definition) is 0. The van der Waals surface area contributed by atoms with Crippen LogP contribution >= 0.6 is 0 Å². The second kappa shape index (κ2) is 29.5. The summed E-state index contributed by atoms with van der Waals surface area (Å²) in [7, 11) is 0. The molecule has 0 spiro atoms. The maximum Gasteiger partial charge on any atom is 0.343 e. The third-order valence-corrected chi connectivity index (χ3v) is 10.3. The van der Waals surface area contributed by atoms with E-state index in [2.05, 4.69) is 13.8 Å². The minimum absolute atomic E-state index is 0.343. The molecule has 6 nitrogen and oxygen atoms in total. The SMILES string of the molecule is CCCCCCCCCCCCCCOc1ccc(OC(=O)c2ccc(OC(=O)c3ccc(C)c(OCCCCCCCCCCCCCC)c3)cc2)cc1. The molecule has 0 radical (unpaired) electrons. The third kappa shape index (κ3) is 20.6. The lowest BCUT2D eigenvalue weighted by Gasteiger charge is -2.11. The Hall–Kier alpha value is -3.80. The molecule has 3 aromatic carbocycles. The summed E-state index contributed by atoms with van der Waals surface area (Å²) in [5.74, 6) is 1.28. The monoisotopic (exact) mass is 757 g/mol. The van der Waals surface area contributed by atoms with Crippen molar-refractivity contribution in [2.45, 2.75) is 175 Å². The highest BCUT2D eigenvalue weighted by atomic mass is 16.5. The minimum Gasteiger partial charge on any atom is -0.494 e. The molecule has 0 aliphatic rings. The van der Waals surface area contributed by atoms with Gasteiger partial charge in [0.15, 0.2) is 0 Å². The third-order valence-electron chi connectivity index (χ3n) is 10.3.